The Kier molecular flexibility index (Phi) is 4.06. The first-order valence-electron chi connectivity index (χ1n) is 6.90. The lowest BCUT2D eigenvalue weighted by atomic mass is 10.1. The van der Waals surface area contributed by atoms with Crippen LogP contribution in [0.15, 0.2) is 40.9 Å². The first kappa shape index (κ1) is 15.4. The predicted molar refractivity (Wildman–Crippen MR) is 82.2 cm³/mol. The fraction of sp³-hybridized carbons (Fsp3) is 0.133. The molecule has 3 aromatic rings. The number of aromatic nitrogens is 4. The van der Waals surface area contributed by atoms with Crippen LogP contribution in [-0.2, 0) is 11.8 Å². The van der Waals surface area contributed by atoms with Crippen molar-refractivity contribution in [1.82, 2.24) is 20.0 Å². The third kappa shape index (κ3) is 3.00. The molecule has 0 saturated heterocycles. The van der Waals surface area contributed by atoms with E-state index in [0.717, 1.165) is 0 Å². The summed E-state index contributed by atoms with van der Waals surface area (Å²) in [5.74, 6) is -1.00. The van der Waals surface area contributed by atoms with Gasteiger partial charge in [-0.1, -0.05) is 17.2 Å². The number of carbonyl (C=O) groups is 2. The summed E-state index contributed by atoms with van der Waals surface area (Å²) in [6.45, 7) is 0. The van der Waals surface area contributed by atoms with E-state index in [2.05, 4.69) is 25.3 Å². The van der Waals surface area contributed by atoms with Gasteiger partial charge in [0.1, 0.15) is 5.69 Å². The maximum absolute atomic E-state index is 12.3. The molecule has 0 fully saturated rings. The number of nitrogens with zero attached hydrogens (tertiary/aromatic N) is 4. The normalized spacial score (nSPS) is 10.4. The van der Waals surface area contributed by atoms with Crippen molar-refractivity contribution in [3.63, 3.8) is 0 Å². The zero-order valence-corrected chi connectivity index (χ0v) is 12.9. The maximum atomic E-state index is 12.3. The Morgan fingerprint density at radius 3 is 2.58 bits per heavy atom. The molecule has 9 heteroatoms. The highest BCUT2D eigenvalue weighted by atomic mass is 16.5. The van der Waals surface area contributed by atoms with E-state index in [1.165, 1.54) is 19.2 Å². The molecule has 0 atom stereocenters. The Morgan fingerprint density at radius 2 is 1.92 bits per heavy atom. The van der Waals surface area contributed by atoms with Crippen LogP contribution in [0.4, 0.5) is 6.01 Å². The molecular weight excluding hydrogens is 314 g/mol. The average Bonchev–Trinajstić information content (AvgIpc) is 3.23. The molecule has 0 unspecified atom stereocenters. The van der Waals surface area contributed by atoms with Crippen LogP contribution in [0.5, 0.6) is 0 Å². The topological polar surface area (TPSA) is 112 Å². The van der Waals surface area contributed by atoms with Crippen molar-refractivity contribution in [1.29, 1.82) is 0 Å². The van der Waals surface area contributed by atoms with Crippen LogP contribution in [0.2, 0.25) is 0 Å². The molecule has 122 valence electrons. The number of rotatable bonds is 4. The van der Waals surface area contributed by atoms with Gasteiger partial charge in [0, 0.05) is 13.2 Å². The van der Waals surface area contributed by atoms with E-state index in [0.29, 0.717) is 5.69 Å². The Bertz CT molecular complexity index is 899. The molecule has 0 radical (unpaired) electrons. The van der Waals surface area contributed by atoms with Gasteiger partial charge >= 0.3 is 12.0 Å². The summed E-state index contributed by atoms with van der Waals surface area (Å²) in [4.78, 5) is 24.1. The summed E-state index contributed by atoms with van der Waals surface area (Å²) in [5.41, 5.74) is 0.768. The molecule has 9 nitrogen and oxygen atoms in total. The number of benzene rings is 1. The number of hydrogen-bond acceptors (Lipinski definition) is 7. The van der Waals surface area contributed by atoms with Gasteiger partial charge < -0.3 is 9.15 Å². The van der Waals surface area contributed by atoms with Gasteiger partial charge in [0.25, 0.3) is 11.8 Å². The molecule has 0 spiro atoms. The second-order valence-electron chi connectivity index (χ2n) is 4.78. The number of aryl methyl sites for hydroxylation is 1. The number of carbonyl (C=O) groups excluding carboxylic acids is 2. The third-order valence-corrected chi connectivity index (χ3v) is 3.16. The minimum Gasteiger partial charge on any atom is -0.465 e. The van der Waals surface area contributed by atoms with Gasteiger partial charge in [0.2, 0.25) is 0 Å². The predicted octanol–water partition coefficient (Wildman–Crippen LogP) is 1.51. The van der Waals surface area contributed by atoms with Crippen molar-refractivity contribution < 1.29 is 18.7 Å². The lowest BCUT2D eigenvalue weighted by Gasteiger charge is -2.06. The standard InChI is InChI=1S/C15H13N5O4/c1-20-8-7-11(19-20)13-17-18-15(24-13)16-12(21)9-5-3-4-6-10(9)14(22)23-2/h3-8H,1-2H3,(H,16,18,21). The number of hydrogen-bond donors (Lipinski definition) is 1. The number of amides is 1. The fourth-order valence-corrected chi connectivity index (χ4v) is 2.04. The number of anilines is 1. The van der Waals surface area contributed by atoms with Gasteiger partial charge in [-0.3, -0.25) is 14.8 Å². The Labute approximate surface area is 136 Å². The van der Waals surface area contributed by atoms with Crippen molar-refractivity contribution in [3.05, 3.63) is 47.7 Å². The lowest BCUT2D eigenvalue weighted by Crippen LogP contribution is -2.17. The second-order valence-corrected chi connectivity index (χ2v) is 4.78. The van der Waals surface area contributed by atoms with E-state index in [1.807, 2.05) is 0 Å². The van der Waals surface area contributed by atoms with E-state index in [1.54, 1.807) is 36.1 Å². The fourth-order valence-electron chi connectivity index (χ4n) is 2.04. The van der Waals surface area contributed by atoms with Crippen LogP contribution in [0.25, 0.3) is 11.6 Å². The van der Waals surface area contributed by atoms with Crippen LogP contribution in [0.3, 0.4) is 0 Å². The zero-order valence-electron chi connectivity index (χ0n) is 12.9. The number of methoxy groups -OCH3 is 1. The molecule has 1 aromatic carbocycles. The molecule has 2 aromatic heterocycles. The molecule has 2 heterocycles. The molecule has 1 amide bonds. The van der Waals surface area contributed by atoms with Crippen molar-refractivity contribution in [2.45, 2.75) is 0 Å². The number of nitrogens with one attached hydrogen (secondary N) is 1. The highest BCUT2D eigenvalue weighted by Gasteiger charge is 2.19. The molecule has 24 heavy (non-hydrogen) atoms. The summed E-state index contributed by atoms with van der Waals surface area (Å²) < 4.78 is 11.6. The summed E-state index contributed by atoms with van der Waals surface area (Å²) in [6, 6.07) is 7.86. The highest BCUT2D eigenvalue weighted by molar-refractivity contribution is 6.10. The third-order valence-electron chi connectivity index (χ3n) is 3.16. The van der Waals surface area contributed by atoms with Crippen LogP contribution in [0.1, 0.15) is 20.7 Å². The average molecular weight is 327 g/mol. The van der Waals surface area contributed by atoms with Gasteiger partial charge in [0.15, 0.2) is 0 Å². The van der Waals surface area contributed by atoms with E-state index in [9.17, 15) is 9.59 Å². The molecule has 0 aliphatic heterocycles. The second kappa shape index (κ2) is 6.32. The summed E-state index contributed by atoms with van der Waals surface area (Å²) in [5, 5.41) is 14.1. The highest BCUT2D eigenvalue weighted by Crippen LogP contribution is 2.18. The van der Waals surface area contributed by atoms with E-state index in [-0.39, 0.29) is 23.0 Å². The van der Waals surface area contributed by atoms with Crippen molar-refractivity contribution >= 4 is 17.9 Å². The van der Waals surface area contributed by atoms with Gasteiger partial charge in [-0.2, -0.15) is 5.10 Å². The smallest absolute Gasteiger partial charge is 0.338 e. The molecule has 0 aliphatic rings. The molecule has 0 aliphatic carbocycles. The maximum Gasteiger partial charge on any atom is 0.338 e. The first-order valence-corrected chi connectivity index (χ1v) is 6.90. The first-order chi connectivity index (χ1) is 11.6. The largest absolute Gasteiger partial charge is 0.465 e. The van der Waals surface area contributed by atoms with Gasteiger partial charge in [-0.05, 0) is 18.2 Å². The monoisotopic (exact) mass is 327 g/mol. The van der Waals surface area contributed by atoms with Crippen LogP contribution >= 0.6 is 0 Å². The van der Waals surface area contributed by atoms with Gasteiger partial charge in [0.05, 0.1) is 18.2 Å². The SMILES string of the molecule is COC(=O)c1ccccc1C(=O)Nc1nnc(-c2ccn(C)n2)o1. The van der Waals surface area contributed by atoms with Gasteiger partial charge in [-0.25, -0.2) is 4.79 Å². The zero-order chi connectivity index (χ0) is 17.1. The summed E-state index contributed by atoms with van der Waals surface area (Å²) in [7, 11) is 3.00. The molecular formula is C15H13N5O4. The molecule has 0 saturated carbocycles. The molecule has 3 rings (SSSR count). The summed E-state index contributed by atoms with van der Waals surface area (Å²) in [6.07, 6.45) is 1.73. The van der Waals surface area contributed by atoms with E-state index >= 15 is 0 Å². The van der Waals surface area contributed by atoms with Crippen molar-refractivity contribution in [2.75, 3.05) is 12.4 Å². The van der Waals surface area contributed by atoms with Crippen LogP contribution in [-0.4, -0.2) is 39.0 Å². The molecule has 0 bridgehead atoms. The van der Waals surface area contributed by atoms with Crippen molar-refractivity contribution in [2.24, 2.45) is 7.05 Å². The number of esters is 1. The Morgan fingerprint density at radius 1 is 1.17 bits per heavy atom. The molecule has 1 N–H and O–H groups in total. The summed E-state index contributed by atoms with van der Waals surface area (Å²) >= 11 is 0. The quantitative estimate of drug-likeness (QED) is 0.723. The minimum absolute atomic E-state index is 0.0969. The Balaban J connectivity index is 1.81. The van der Waals surface area contributed by atoms with E-state index in [4.69, 9.17) is 4.42 Å². The Hall–Kier alpha value is -3.49. The van der Waals surface area contributed by atoms with Crippen LogP contribution < -0.4 is 5.32 Å². The van der Waals surface area contributed by atoms with Crippen LogP contribution in [0, 0.1) is 0 Å². The van der Waals surface area contributed by atoms with Gasteiger partial charge in [-0.15, -0.1) is 5.10 Å². The van der Waals surface area contributed by atoms with E-state index < -0.39 is 11.9 Å². The lowest BCUT2D eigenvalue weighted by molar-refractivity contribution is 0.0597. The number of ether oxygens (including phenoxy) is 1. The van der Waals surface area contributed by atoms with Crippen molar-refractivity contribution in [3.8, 4) is 11.6 Å². The minimum atomic E-state index is -0.611.